The molecule has 0 rings (SSSR count). The van der Waals surface area contributed by atoms with Crippen LogP contribution in [0.5, 0.6) is 0 Å². The Morgan fingerprint density at radius 3 is 2.78 bits per heavy atom. The van der Waals surface area contributed by atoms with Crippen LogP contribution < -0.4 is 0 Å². The average molecular weight is 147 g/mol. The summed E-state index contributed by atoms with van der Waals surface area (Å²) in [5, 5.41) is 0.188. The summed E-state index contributed by atoms with van der Waals surface area (Å²) >= 11 is 0.201. The van der Waals surface area contributed by atoms with Gasteiger partial charge in [-0.1, -0.05) is 6.92 Å². The van der Waals surface area contributed by atoms with Crippen LogP contribution in [0.25, 0.3) is 0 Å². The Kier molecular flexibility index (Phi) is 5.11. The van der Waals surface area contributed by atoms with E-state index < -0.39 is 0 Å². The zero-order chi connectivity index (χ0) is 7.11. The van der Waals surface area contributed by atoms with Crippen LogP contribution in [0, 0.1) is 0 Å². The number of rotatable bonds is 3. The fourth-order valence-electron chi connectivity index (χ4n) is 0.360. The molecule has 0 aliphatic heterocycles. The Bertz CT molecular complexity index is 137. The molecule has 0 unspecified atom stereocenters. The monoisotopic (exact) mass is 147 g/mol. The van der Waals surface area contributed by atoms with Gasteiger partial charge in [-0.3, -0.25) is 0 Å². The minimum Gasteiger partial charge on any atom is -0.408 e. The van der Waals surface area contributed by atoms with E-state index in [-0.39, 0.29) is 16.3 Å². The molecule has 0 saturated carbocycles. The maximum atomic E-state index is 9.99. The Morgan fingerprint density at radius 2 is 2.44 bits per heavy atom. The molecule has 0 heterocycles. The van der Waals surface area contributed by atoms with Crippen LogP contribution in [0.4, 0.5) is 0 Å². The van der Waals surface area contributed by atoms with Gasteiger partial charge in [-0.2, -0.15) is 0 Å². The van der Waals surface area contributed by atoms with Gasteiger partial charge in [-0.15, -0.1) is 0 Å². The molecule has 1 radical (unpaired) electrons. The van der Waals surface area contributed by atoms with E-state index in [9.17, 15) is 9.00 Å². The molecule has 0 N–H and O–H groups in total. The lowest BCUT2D eigenvalue weighted by molar-refractivity contribution is 0.435. The molecule has 0 bridgehead atoms. The van der Waals surface area contributed by atoms with Gasteiger partial charge in [-0.25, -0.2) is 9.00 Å². The molecule has 3 nitrogen and oxygen atoms in total. The molecule has 0 aromatic carbocycles. The van der Waals surface area contributed by atoms with Crippen LogP contribution >= 0.6 is 0 Å². The van der Waals surface area contributed by atoms with E-state index >= 15 is 0 Å². The Labute approximate surface area is 57.1 Å². The van der Waals surface area contributed by atoms with Gasteiger partial charge in [-0.05, 0) is 6.42 Å². The summed E-state index contributed by atoms with van der Waals surface area (Å²) in [5.74, 6) is 0. The molecule has 0 spiro atoms. The molecule has 0 fully saturated rings. The van der Waals surface area contributed by atoms with Crippen molar-refractivity contribution >= 4 is 22.8 Å². The molecular formula is C5H7O3S. The van der Waals surface area contributed by atoms with E-state index in [1.807, 2.05) is 6.92 Å². The first-order valence-corrected chi connectivity index (χ1v) is 3.29. The van der Waals surface area contributed by atoms with E-state index in [0.717, 1.165) is 6.42 Å². The largest absolute Gasteiger partial charge is 0.423 e. The normalized spacial score (nSPS) is 8.11. The van der Waals surface area contributed by atoms with Gasteiger partial charge >= 0.3 is 6.47 Å². The number of hydrogen-bond donors (Lipinski definition) is 0. The Morgan fingerprint density at radius 1 is 1.78 bits per heavy atom. The quantitative estimate of drug-likeness (QED) is 0.536. The smallest absolute Gasteiger partial charge is 0.408 e. The number of hydrogen-bond acceptors (Lipinski definition) is 3. The first kappa shape index (κ1) is 8.36. The predicted molar refractivity (Wildman–Crippen MR) is 34.8 cm³/mol. The van der Waals surface area contributed by atoms with E-state index in [2.05, 4.69) is 4.74 Å². The maximum Gasteiger partial charge on any atom is 0.423 e. The summed E-state index contributed by atoms with van der Waals surface area (Å²) in [5.41, 5.74) is 0. The molecule has 0 aliphatic rings. The van der Waals surface area contributed by atoms with Crippen LogP contribution in [-0.2, 0) is 20.8 Å². The average Bonchev–Trinajstić information content (AvgIpc) is 1.88. The van der Waals surface area contributed by atoms with Gasteiger partial charge < -0.3 is 4.74 Å². The molecule has 0 amide bonds. The molecule has 0 saturated heterocycles. The van der Waals surface area contributed by atoms with Crippen molar-refractivity contribution in [1.82, 2.24) is 0 Å². The highest BCUT2D eigenvalue weighted by Crippen LogP contribution is 1.88. The zero-order valence-corrected chi connectivity index (χ0v) is 5.86. The van der Waals surface area contributed by atoms with Crippen LogP contribution in [0.1, 0.15) is 19.8 Å². The van der Waals surface area contributed by atoms with Crippen molar-refractivity contribution in [3.05, 3.63) is 0 Å². The van der Waals surface area contributed by atoms with Crippen molar-refractivity contribution in [1.29, 1.82) is 0 Å². The summed E-state index contributed by atoms with van der Waals surface area (Å²) in [4.78, 5) is 9.53. The second-order valence-corrected chi connectivity index (χ2v) is 2.01. The van der Waals surface area contributed by atoms with E-state index in [4.69, 9.17) is 0 Å². The third kappa shape index (κ3) is 3.90. The second kappa shape index (κ2) is 5.50. The lowest BCUT2D eigenvalue weighted by Gasteiger charge is -1.91. The third-order valence-electron chi connectivity index (χ3n) is 0.703. The number of ether oxygens (including phenoxy) is 1. The molecule has 0 aromatic rings. The van der Waals surface area contributed by atoms with Gasteiger partial charge in [0.2, 0.25) is 5.05 Å². The fourth-order valence-corrected chi connectivity index (χ4v) is 0.716. The Balaban J connectivity index is 3.69. The minimum atomic E-state index is 0.188. The van der Waals surface area contributed by atoms with Gasteiger partial charge in [0, 0.05) is 6.42 Å². The third-order valence-corrected chi connectivity index (χ3v) is 1.18. The van der Waals surface area contributed by atoms with E-state index in [1.54, 1.807) is 0 Å². The van der Waals surface area contributed by atoms with Crippen LogP contribution in [0.2, 0.25) is 0 Å². The standard InChI is InChI=1S/C5H7O3S/c1-2-3-5(9-7)8-4-6/h2-3H2,1H3. The summed E-state index contributed by atoms with van der Waals surface area (Å²) in [6.07, 6.45) is 1.32. The lowest BCUT2D eigenvalue weighted by atomic mass is 10.4. The first-order chi connectivity index (χ1) is 4.35. The zero-order valence-electron chi connectivity index (χ0n) is 5.05. The molecular weight excluding hydrogens is 140 g/mol. The van der Waals surface area contributed by atoms with Crippen molar-refractivity contribution in [2.45, 2.75) is 19.8 Å². The molecule has 4 heteroatoms. The Hall–Kier alpha value is -0.640. The van der Waals surface area contributed by atoms with Gasteiger partial charge in [0.15, 0.2) is 0 Å². The minimum absolute atomic E-state index is 0.188. The van der Waals surface area contributed by atoms with Crippen molar-refractivity contribution < 1.29 is 13.7 Å². The molecule has 0 aliphatic carbocycles. The summed E-state index contributed by atoms with van der Waals surface area (Å²) in [6, 6.07) is 0. The first-order valence-electron chi connectivity index (χ1n) is 2.54. The maximum absolute atomic E-state index is 9.99. The SMILES string of the molecule is CCCC(O[C]=O)=S=O. The van der Waals surface area contributed by atoms with Gasteiger partial charge in [0.1, 0.15) is 11.3 Å². The van der Waals surface area contributed by atoms with Crippen molar-refractivity contribution in [3.8, 4) is 0 Å². The van der Waals surface area contributed by atoms with Gasteiger partial charge in [0.25, 0.3) is 0 Å². The number of carbonyl (C=O) groups excluding carboxylic acids is 1. The summed E-state index contributed by atoms with van der Waals surface area (Å²) in [7, 11) is 0. The molecule has 0 atom stereocenters. The highest BCUT2D eigenvalue weighted by atomic mass is 32.1. The van der Waals surface area contributed by atoms with E-state index in [0.29, 0.717) is 6.42 Å². The molecule has 9 heavy (non-hydrogen) atoms. The van der Waals surface area contributed by atoms with Gasteiger partial charge in [0.05, 0.1) is 0 Å². The highest BCUT2D eigenvalue weighted by Gasteiger charge is 1.95. The summed E-state index contributed by atoms with van der Waals surface area (Å²) in [6.45, 7) is 3.09. The van der Waals surface area contributed by atoms with Crippen molar-refractivity contribution in [2.24, 2.45) is 0 Å². The van der Waals surface area contributed by atoms with Crippen LogP contribution in [0.15, 0.2) is 0 Å². The van der Waals surface area contributed by atoms with Crippen molar-refractivity contribution in [3.63, 3.8) is 0 Å². The van der Waals surface area contributed by atoms with Crippen LogP contribution in [0.3, 0.4) is 0 Å². The molecule has 0 aromatic heterocycles. The lowest BCUT2D eigenvalue weighted by Crippen LogP contribution is -2.01. The van der Waals surface area contributed by atoms with E-state index in [1.165, 1.54) is 6.47 Å². The fraction of sp³-hybridized carbons (Fsp3) is 0.600. The second-order valence-electron chi connectivity index (χ2n) is 1.39. The van der Waals surface area contributed by atoms with Crippen molar-refractivity contribution in [2.75, 3.05) is 0 Å². The topological polar surface area (TPSA) is 43.4 Å². The predicted octanol–water partition coefficient (Wildman–Crippen LogP) is 0.213. The highest BCUT2D eigenvalue weighted by molar-refractivity contribution is 7.66. The van der Waals surface area contributed by atoms with Crippen LogP contribution in [-0.4, -0.2) is 15.7 Å². The molecule has 51 valence electrons. The summed E-state index contributed by atoms with van der Waals surface area (Å²) < 4.78 is 14.2.